The highest BCUT2D eigenvalue weighted by Crippen LogP contribution is 2.17. The quantitative estimate of drug-likeness (QED) is 0.511. The Bertz CT molecular complexity index is 928. The number of nitrogens with zero attached hydrogens (tertiary/aromatic N) is 3. The second kappa shape index (κ2) is 7.25. The van der Waals surface area contributed by atoms with Gasteiger partial charge in [0, 0.05) is 34.8 Å². The van der Waals surface area contributed by atoms with Crippen molar-refractivity contribution in [1.82, 2.24) is 15.0 Å². The summed E-state index contributed by atoms with van der Waals surface area (Å²) in [6.45, 7) is 4.58. The molecule has 0 spiro atoms. The maximum Gasteiger partial charge on any atom is 0.158 e. The van der Waals surface area contributed by atoms with Crippen LogP contribution in [0, 0.1) is 0 Å². The number of aromatic nitrogens is 3. The molecular formula is C23H21N3Si. The maximum atomic E-state index is 4.79. The predicted octanol–water partition coefficient (Wildman–Crippen LogP) is 4.03. The minimum atomic E-state index is -1.95. The normalized spacial score (nSPS) is 11.3. The first-order valence-corrected chi connectivity index (χ1v) is 12.0. The van der Waals surface area contributed by atoms with Gasteiger partial charge in [-0.05, 0) is 41.5 Å². The predicted molar refractivity (Wildman–Crippen MR) is 114 cm³/mol. The van der Waals surface area contributed by atoms with Crippen LogP contribution >= 0.6 is 0 Å². The Kier molecular flexibility index (Phi) is 4.65. The molecule has 0 N–H and O–H groups in total. The summed E-state index contributed by atoms with van der Waals surface area (Å²) in [5, 5.41) is 2.27. The molecule has 4 rings (SSSR count). The molecule has 0 atom stereocenters. The topological polar surface area (TPSA) is 38.7 Å². The molecule has 0 fully saturated rings. The van der Waals surface area contributed by atoms with Crippen molar-refractivity contribution in [2.24, 2.45) is 0 Å². The monoisotopic (exact) mass is 367 g/mol. The van der Waals surface area contributed by atoms with Gasteiger partial charge in [-0.15, -0.1) is 0 Å². The summed E-state index contributed by atoms with van der Waals surface area (Å²) in [4.78, 5) is 14.0. The molecule has 0 aliphatic heterocycles. The fraction of sp³-hybridized carbons (Fsp3) is 0.0870. The zero-order valence-corrected chi connectivity index (χ0v) is 16.5. The van der Waals surface area contributed by atoms with Crippen LogP contribution in [0.1, 0.15) is 0 Å². The first-order valence-electron chi connectivity index (χ1n) is 9.04. The molecule has 0 bridgehead atoms. The van der Waals surface area contributed by atoms with Crippen LogP contribution in [0.4, 0.5) is 0 Å². The van der Waals surface area contributed by atoms with Crippen LogP contribution in [0.3, 0.4) is 0 Å². The molecule has 1 aromatic carbocycles. The third-order valence-corrected chi connectivity index (χ3v) is 8.03. The van der Waals surface area contributed by atoms with Crippen LogP contribution in [0.25, 0.3) is 22.4 Å². The van der Waals surface area contributed by atoms with Gasteiger partial charge in [0.25, 0.3) is 0 Å². The molecular weight excluding hydrogens is 346 g/mol. The SMILES string of the molecule is C[Si](C)(c1ccc(-c2ccccc2)cn1)c1ccc(-c2ccccn2)cn1. The smallest absolute Gasteiger partial charge is 0.158 e. The van der Waals surface area contributed by atoms with Crippen LogP contribution in [0.15, 0.2) is 91.4 Å². The lowest BCUT2D eigenvalue weighted by Crippen LogP contribution is -2.55. The highest BCUT2D eigenvalue weighted by molar-refractivity contribution is 6.99. The molecule has 0 saturated heterocycles. The molecule has 0 amide bonds. The summed E-state index contributed by atoms with van der Waals surface area (Å²) in [6.07, 6.45) is 5.70. The van der Waals surface area contributed by atoms with Crippen molar-refractivity contribution in [2.75, 3.05) is 0 Å². The van der Waals surface area contributed by atoms with Crippen LogP contribution < -0.4 is 10.6 Å². The lowest BCUT2D eigenvalue weighted by molar-refractivity contribution is 1.29. The van der Waals surface area contributed by atoms with E-state index >= 15 is 0 Å². The third kappa shape index (κ3) is 3.57. The summed E-state index contributed by atoms with van der Waals surface area (Å²) in [7, 11) is -1.95. The fourth-order valence-corrected chi connectivity index (χ4v) is 5.18. The van der Waals surface area contributed by atoms with E-state index in [4.69, 9.17) is 9.97 Å². The second-order valence-corrected chi connectivity index (χ2v) is 11.3. The van der Waals surface area contributed by atoms with E-state index in [1.165, 1.54) is 5.56 Å². The van der Waals surface area contributed by atoms with E-state index in [1.807, 2.05) is 36.7 Å². The van der Waals surface area contributed by atoms with Crippen molar-refractivity contribution >= 4 is 18.7 Å². The first-order chi connectivity index (χ1) is 13.1. The molecule has 0 saturated carbocycles. The van der Waals surface area contributed by atoms with Crippen LogP contribution in [0.5, 0.6) is 0 Å². The van der Waals surface area contributed by atoms with Crippen molar-refractivity contribution in [2.45, 2.75) is 13.1 Å². The Labute approximate surface area is 160 Å². The Hall–Kier alpha value is -3.11. The maximum absolute atomic E-state index is 4.79. The van der Waals surface area contributed by atoms with Gasteiger partial charge in [-0.3, -0.25) is 15.0 Å². The molecule has 0 aliphatic rings. The summed E-state index contributed by atoms with van der Waals surface area (Å²) in [5.74, 6) is 0. The molecule has 0 aliphatic carbocycles. The molecule has 3 nitrogen and oxygen atoms in total. The lowest BCUT2D eigenvalue weighted by atomic mass is 10.1. The summed E-state index contributed by atoms with van der Waals surface area (Å²) in [6, 6.07) is 24.8. The Morgan fingerprint density at radius 1 is 0.556 bits per heavy atom. The number of hydrogen-bond donors (Lipinski definition) is 0. The molecule has 132 valence electrons. The zero-order valence-electron chi connectivity index (χ0n) is 15.5. The largest absolute Gasteiger partial charge is 0.265 e. The van der Waals surface area contributed by atoms with Gasteiger partial charge in [-0.25, -0.2) is 0 Å². The van der Waals surface area contributed by atoms with Crippen molar-refractivity contribution in [3.05, 3.63) is 91.4 Å². The van der Waals surface area contributed by atoms with Gasteiger partial charge in [-0.1, -0.05) is 55.6 Å². The number of pyridine rings is 3. The van der Waals surface area contributed by atoms with Gasteiger partial charge >= 0.3 is 0 Å². The first kappa shape index (κ1) is 17.3. The van der Waals surface area contributed by atoms with Crippen LogP contribution in [-0.4, -0.2) is 23.0 Å². The van der Waals surface area contributed by atoms with E-state index in [9.17, 15) is 0 Å². The van der Waals surface area contributed by atoms with E-state index < -0.39 is 8.07 Å². The molecule has 0 radical (unpaired) electrons. The van der Waals surface area contributed by atoms with Crippen LogP contribution in [0.2, 0.25) is 13.1 Å². The van der Waals surface area contributed by atoms with Gasteiger partial charge in [0.05, 0.1) is 5.69 Å². The number of rotatable bonds is 4. The van der Waals surface area contributed by atoms with Crippen molar-refractivity contribution in [1.29, 1.82) is 0 Å². The van der Waals surface area contributed by atoms with Gasteiger partial charge in [0.1, 0.15) is 0 Å². The summed E-state index contributed by atoms with van der Waals surface area (Å²) in [5.41, 5.74) is 4.31. The van der Waals surface area contributed by atoms with Gasteiger partial charge in [0.2, 0.25) is 0 Å². The molecule has 3 aromatic heterocycles. The minimum Gasteiger partial charge on any atom is -0.265 e. The molecule has 0 unspecified atom stereocenters. The van der Waals surface area contributed by atoms with E-state index in [-0.39, 0.29) is 0 Å². The number of benzene rings is 1. The highest BCUT2D eigenvalue weighted by atomic mass is 28.3. The number of hydrogen-bond acceptors (Lipinski definition) is 3. The van der Waals surface area contributed by atoms with E-state index in [0.29, 0.717) is 0 Å². The summed E-state index contributed by atoms with van der Waals surface area (Å²) < 4.78 is 0. The van der Waals surface area contributed by atoms with E-state index in [1.54, 1.807) is 6.20 Å². The second-order valence-electron chi connectivity index (χ2n) is 7.07. The highest BCUT2D eigenvalue weighted by Gasteiger charge is 2.29. The molecule has 27 heavy (non-hydrogen) atoms. The van der Waals surface area contributed by atoms with Crippen molar-refractivity contribution < 1.29 is 0 Å². The third-order valence-electron chi connectivity index (χ3n) is 4.88. The molecule has 4 aromatic rings. The van der Waals surface area contributed by atoms with Gasteiger partial charge < -0.3 is 0 Å². The minimum absolute atomic E-state index is 0.946. The fourth-order valence-electron chi connectivity index (χ4n) is 3.14. The van der Waals surface area contributed by atoms with E-state index in [2.05, 4.69) is 66.6 Å². The van der Waals surface area contributed by atoms with Gasteiger partial charge in [-0.2, -0.15) is 0 Å². The standard InChI is InChI=1S/C23H21N3Si/c1-27(2,22-13-11-19(16-25-22)18-8-4-3-5-9-18)23-14-12-20(17-26-23)21-10-6-7-15-24-21/h3-17H,1-2H3. The zero-order chi connectivity index (χ0) is 18.7. The Morgan fingerprint density at radius 2 is 1.19 bits per heavy atom. The summed E-state index contributed by atoms with van der Waals surface area (Å²) >= 11 is 0. The van der Waals surface area contributed by atoms with E-state index in [0.717, 1.165) is 27.5 Å². The average Bonchev–Trinajstić information content (AvgIpc) is 2.75. The molecule has 4 heteroatoms. The Balaban J connectivity index is 1.61. The Morgan fingerprint density at radius 3 is 1.74 bits per heavy atom. The van der Waals surface area contributed by atoms with Crippen molar-refractivity contribution in [3.8, 4) is 22.4 Å². The lowest BCUT2D eigenvalue weighted by Gasteiger charge is -2.21. The molecule has 3 heterocycles. The van der Waals surface area contributed by atoms with Crippen LogP contribution in [-0.2, 0) is 0 Å². The van der Waals surface area contributed by atoms with Gasteiger partial charge in [0.15, 0.2) is 8.07 Å². The average molecular weight is 368 g/mol. The van der Waals surface area contributed by atoms with Crippen molar-refractivity contribution in [3.63, 3.8) is 0 Å².